The van der Waals surface area contributed by atoms with E-state index in [1.165, 1.54) is 5.56 Å². The number of nitrogens with two attached hydrogens (primary N) is 1. The van der Waals surface area contributed by atoms with Crippen LogP contribution < -0.4 is 15.8 Å². The van der Waals surface area contributed by atoms with Crippen molar-refractivity contribution in [3.8, 4) is 5.75 Å². The molecule has 1 unspecified atom stereocenters. The van der Waals surface area contributed by atoms with Gasteiger partial charge in [-0.05, 0) is 42.9 Å². The highest BCUT2D eigenvalue weighted by Gasteiger charge is 2.27. The van der Waals surface area contributed by atoms with Crippen molar-refractivity contribution in [2.45, 2.75) is 38.6 Å². The summed E-state index contributed by atoms with van der Waals surface area (Å²) in [5.74, 6) is 0.203. The number of benzene rings is 1. The molecule has 1 aromatic carbocycles. The van der Waals surface area contributed by atoms with Crippen molar-refractivity contribution in [3.63, 3.8) is 0 Å². The van der Waals surface area contributed by atoms with Gasteiger partial charge in [0, 0.05) is 25.7 Å². The molecule has 1 saturated heterocycles. The summed E-state index contributed by atoms with van der Waals surface area (Å²) in [6, 6.07) is 7.40. The molecule has 1 aliphatic heterocycles. The minimum atomic E-state index is -0.414. The van der Waals surface area contributed by atoms with Crippen LogP contribution in [0.15, 0.2) is 24.3 Å². The second kappa shape index (κ2) is 9.27. The fraction of sp³-hybridized carbons (Fsp3) is 0.556. The Labute approximate surface area is 142 Å². The number of nitrogens with one attached hydrogen (secondary N) is 1. The van der Waals surface area contributed by atoms with Crippen molar-refractivity contribution < 1.29 is 19.1 Å². The normalized spacial score (nSPS) is 16.4. The number of ether oxygens (including phenoxy) is 2. The van der Waals surface area contributed by atoms with Crippen LogP contribution in [0.4, 0.5) is 0 Å². The Bertz CT molecular complexity index is 538. The van der Waals surface area contributed by atoms with E-state index in [0.29, 0.717) is 19.0 Å². The van der Waals surface area contributed by atoms with Gasteiger partial charge in [0.25, 0.3) is 5.91 Å². The average molecular weight is 334 g/mol. The monoisotopic (exact) mass is 334 g/mol. The van der Waals surface area contributed by atoms with Crippen LogP contribution in [0.5, 0.6) is 5.75 Å². The third-order valence-corrected chi connectivity index (χ3v) is 4.30. The summed E-state index contributed by atoms with van der Waals surface area (Å²) in [6.07, 6.45) is 2.73. The van der Waals surface area contributed by atoms with Crippen LogP contribution in [0.25, 0.3) is 0 Å². The fourth-order valence-corrected chi connectivity index (χ4v) is 2.89. The molecule has 6 nitrogen and oxygen atoms in total. The molecular weight excluding hydrogens is 308 g/mol. The lowest BCUT2D eigenvalue weighted by molar-refractivity contribution is -0.125. The van der Waals surface area contributed by atoms with E-state index < -0.39 is 5.91 Å². The van der Waals surface area contributed by atoms with Gasteiger partial charge in [0.15, 0.2) is 6.61 Å². The highest BCUT2D eigenvalue weighted by Crippen LogP contribution is 2.21. The lowest BCUT2D eigenvalue weighted by Crippen LogP contribution is -2.46. The Kier molecular flexibility index (Phi) is 7.06. The fourth-order valence-electron chi connectivity index (χ4n) is 2.89. The van der Waals surface area contributed by atoms with Crippen molar-refractivity contribution >= 4 is 11.8 Å². The molecule has 1 fully saturated rings. The average Bonchev–Trinajstić information content (AvgIpc) is 2.60. The number of hydrogen-bond donors (Lipinski definition) is 2. The van der Waals surface area contributed by atoms with Crippen LogP contribution >= 0.6 is 0 Å². The first-order valence-electron chi connectivity index (χ1n) is 8.45. The van der Waals surface area contributed by atoms with Crippen molar-refractivity contribution in [2.24, 2.45) is 11.7 Å². The van der Waals surface area contributed by atoms with Crippen LogP contribution in [0.1, 0.15) is 31.7 Å². The molecule has 0 radical (unpaired) electrons. The molecule has 132 valence electrons. The standard InChI is InChI=1S/C18H26N2O4/c1-2-13-3-5-15(6-4-13)24-12-18(22)20-16(11-17(19)21)14-7-9-23-10-8-14/h3-6,14,16H,2,7-12H2,1H3,(H2,19,21)(H,20,22). The Morgan fingerprint density at radius 2 is 1.96 bits per heavy atom. The second-order valence-corrected chi connectivity index (χ2v) is 6.08. The third-order valence-electron chi connectivity index (χ3n) is 4.30. The van der Waals surface area contributed by atoms with Gasteiger partial charge in [-0.1, -0.05) is 19.1 Å². The van der Waals surface area contributed by atoms with Crippen LogP contribution in [0.2, 0.25) is 0 Å². The van der Waals surface area contributed by atoms with Crippen molar-refractivity contribution in [1.29, 1.82) is 0 Å². The first-order valence-corrected chi connectivity index (χ1v) is 8.45. The zero-order valence-corrected chi connectivity index (χ0v) is 14.1. The SMILES string of the molecule is CCc1ccc(OCC(=O)NC(CC(N)=O)C2CCOCC2)cc1. The number of carbonyl (C=O) groups is 2. The molecule has 2 rings (SSSR count). The van der Waals surface area contributed by atoms with E-state index in [2.05, 4.69) is 12.2 Å². The summed E-state index contributed by atoms with van der Waals surface area (Å²) < 4.78 is 10.8. The van der Waals surface area contributed by atoms with Gasteiger partial charge in [-0.15, -0.1) is 0 Å². The molecule has 0 aromatic heterocycles. The first kappa shape index (κ1) is 18.3. The van der Waals surface area contributed by atoms with E-state index in [1.807, 2.05) is 24.3 Å². The van der Waals surface area contributed by atoms with E-state index in [9.17, 15) is 9.59 Å². The van der Waals surface area contributed by atoms with Gasteiger partial charge < -0.3 is 20.5 Å². The number of rotatable bonds is 8. The minimum Gasteiger partial charge on any atom is -0.484 e. The summed E-state index contributed by atoms with van der Waals surface area (Å²) in [4.78, 5) is 23.4. The van der Waals surface area contributed by atoms with E-state index in [4.69, 9.17) is 15.2 Å². The molecule has 2 amide bonds. The zero-order valence-electron chi connectivity index (χ0n) is 14.1. The molecule has 1 aromatic rings. The highest BCUT2D eigenvalue weighted by molar-refractivity contribution is 5.80. The maximum Gasteiger partial charge on any atom is 0.258 e. The molecule has 0 saturated carbocycles. The predicted octanol–water partition coefficient (Wildman–Crippen LogP) is 1.41. The van der Waals surface area contributed by atoms with Gasteiger partial charge in [0.05, 0.1) is 0 Å². The quantitative estimate of drug-likeness (QED) is 0.752. The summed E-state index contributed by atoms with van der Waals surface area (Å²) in [5.41, 5.74) is 6.53. The summed E-state index contributed by atoms with van der Waals surface area (Å²) in [5, 5.41) is 2.89. The first-order chi connectivity index (χ1) is 11.6. The van der Waals surface area contributed by atoms with Crippen molar-refractivity contribution in [3.05, 3.63) is 29.8 Å². The van der Waals surface area contributed by atoms with E-state index in [-0.39, 0.29) is 30.9 Å². The lowest BCUT2D eigenvalue weighted by atomic mass is 9.89. The Morgan fingerprint density at radius 1 is 1.29 bits per heavy atom. The molecule has 3 N–H and O–H groups in total. The highest BCUT2D eigenvalue weighted by atomic mass is 16.5. The van der Waals surface area contributed by atoms with Crippen LogP contribution in [0.3, 0.4) is 0 Å². The van der Waals surface area contributed by atoms with Crippen molar-refractivity contribution in [2.75, 3.05) is 19.8 Å². The summed E-state index contributed by atoms with van der Waals surface area (Å²) in [7, 11) is 0. The molecule has 1 aliphatic rings. The molecule has 6 heteroatoms. The Morgan fingerprint density at radius 3 is 2.54 bits per heavy atom. The number of amides is 2. The minimum absolute atomic E-state index is 0.0794. The van der Waals surface area contributed by atoms with Gasteiger partial charge in [-0.3, -0.25) is 9.59 Å². The number of carbonyl (C=O) groups excluding carboxylic acids is 2. The molecule has 1 heterocycles. The Balaban J connectivity index is 1.85. The Hall–Kier alpha value is -2.08. The van der Waals surface area contributed by atoms with Crippen LogP contribution in [-0.2, 0) is 20.7 Å². The van der Waals surface area contributed by atoms with E-state index >= 15 is 0 Å². The van der Waals surface area contributed by atoms with Crippen LogP contribution in [-0.4, -0.2) is 37.7 Å². The van der Waals surface area contributed by atoms with E-state index in [0.717, 1.165) is 19.3 Å². The van der Waals surface area contributed by atoms with Gasteiger partial charge in [0.2, 0.25) is 5.91 Å². The third kappa shape index (κ3) is 5.85. The molecular formula is C18H26N2O4. The van der Waals surface area contributed by atoms with Gasteiger partial charge >= 0.3 is 0 Å². The molecule has 0 aliphatic carbocycles. The molecule has 0 spiro atoms. The number of aryl methyl sites for hydroxylation is 1. The number of hydrogen-bond acceptors (Lipinski definition) is 4. The number of primary amides is 1. The maximum absolute atomic E-state index is 12.2. The predicted molar refractivity (Wildman–Crippen MR) is 90.6 cm³/mol. The molecule has 0 bridgehead atoms. The van der Waals surface area contributed by atoms with Crippen molar-refractivity contribution in [1.82, 2.24) is 5.32 Å². The van der Waals surface area contributed by atoms with Gasteiger partial charge in [0.1, 0.15) is 5.75 Å². The summed E-state index contributed by atoms with van der Waals surface area (Å²) in [6.45, 7) is 3.30. The van der Waals surface area contributed by atoms with E-state index in [1.54, 1.807) is 0 Å². The van der Waals surface area contributed by atoms with Crippen LogP contribution in [0, 0.1) is 5.92 Å². The summed E-state index contributed by atoms with van der Waals surface area (Å²) >= 11 is 0. The second-order valence-electron chi connectivity index (χ2n) is 6.08. The molecule has 1 atom stereocenters. The maximum atomic E-state index is 12.2. The van der Waals surface area contributed by atoms with Gasteiger partial charge in [-0.2, -0.15) is 0 Å². The topological polar surface area (TPSA) is 90.6 Å². The van der Waals surface area contributed by atoms with Gasteiger partial charge in [-0.25, -0.2) is 0 Å². The smallest absolute Gasteiger partial charge is 0.258 e. The largest absolute Gasteiger partial charge is 0.484 e. The molecule has 24 heavy (non-hydrogen) atoms. The zero-order chi connectivity index (χ0) is 17.4. The lowest BCUT2D eigenvalue weighted by Gasteiger charge is -2.30.